The molecule has 0 spiro atoms. The van der Waals surface area contributed by atoms with Crippen molar-refractivity contribution in [1.29, 1.82) is 5.26 Å². The van der Waals surface area contributed by atoms with Crippen LogP contribution in [-0.2, 0) is 0 Å². The summed E-state index contributed by atoms with van der Waals surface area (Å²) in [5, 5.41) is 8.26. The van der Waals surface area contributed by atoms with Crippen molar-refractivity contribution in [3.8, 4) is 6.07 Å². The Hall–Kier alpha value is -1.61. The first-order chi connectivity index (χ1) is 6.57. The lowest BCUT2D eigenvalue weighted by molar-refractivity contribution is 0.440. The van der Waals surface area contributed by atoms with Crippen LogP contribution in [0.4, 0.5) is 13.2 Å². The third kappa shape index (κ3) is 1.83. The highest BCUT2D eigenvalue weighted by atomic mass is 19.2. The van der Waals surface area contributed by atoms with Gasteiger partial charge in [0, 0.05) is 11.6 Å². The van der Waals surface area contributed by atoms with Crippen LogP contribution in [0, 0.1) is 28.9 Å². The molecule has 0 aliphatic rings. The Balaban J connectivity index is 3.19. The molecule has 0 aliphatic heterocycles. The lowest BCUT2D eigenvalue weighted by Crippen LogP contribution is -2.15. The highest BCUT2D eigenvalue weighted by Gasteiger charge is 2.20. The van der Waals surface area contributed by atoms with E-state index in [1.165, 1.54) is 0 Å². The zero-order valence-corrected chi connectivity index (χ0v) is 6.97. The highest BCUT2D eigenvalue weighted by molar-refractivity contribution is 5.21. The third-order valence-electron chi connectivity index (χ3n) is 1.65. The van der Waals surface area contributed by atoms with E-state index in [0.29, 0.717) is 6.20 Å². The molecule has 6 heteroatoms. The molecule has 2 N–H and O–H groups in total. The summed E-state index contributed by atoms with van der Waals surface area (Å²) < 4.78 is 38.5. The zero-order chi connectivity index (χ0) is 10.7. The van der Waals surface area contributed by atoms with Crippen LogP contribution in [0.25, 0.3) is 0 Å². The van der Waals surface area contributed by atoms with Gasteiger partial charge in [-0.3, -0.25) is 0 Å². The van der Waals surface area contributed by atoms with Gasteiger partial charge in [-0.2, -0.15) is 9.65 Å². The van der Waals surface area contributed by atoms with Crippen LogP contribution in [0.3, 0.4) is 0 Å². The number of nitrogens with zero attached hydrogens (tertiary/aromatic N) is 2. The predicted octanol–water partition coefficient (Wildman–Crippen LogP) is 1.41. The summed E-state index contributed by atoms with van der Waals surface area (Å²) in [6, 6.07) is 0.456. The molecule has 1 aromatic heterocycles. The van der Waals surface area contributed by atoms with Gasteiger partial charge in [0.05, 0.1) is 18.7 Å². The molecule has 1 unspecified atom stereocenters. The van der Waals surface area contributed by atoms with Gasteiger partial charge in [0.1, 0.15) is 5.82 Å². The van der Waals surface area contributed by atoms with E-state index < -0.39 is 29.2 Å². The van der Waals surface area contributed by atoms with Gasteiger partial charge in [0.25, 0.3) is 0 Å². The van der Waals surface area contributed by atoms with Crippen LogP contribution >= 0.6 is 0 Å². The molecule has 0 bridgehead atoms. The van der Waals surface area contributed by atoms with Gasteiger partial charge >= 0.3 is 0 Å². The second kappa shape index (κ2) is 4.07. The Kier molecular flexibility index (Phi) is 3.04. The number of pyridine rings is 1. The number of rotatable bonds is 2. The van der Waals surface area contributed by atoms with Gasteiger partial charge in [-0.15, -0.1) is 0 Å². The normalized spacial score (nSPS) is 12.2. The van der Waals surface area contributed by atoms with Crippen molar-refractivity contribution in [3.63, 3.8) is 0 Å². The van der Waals surface area contributed by atoms with Crippen molar-refractivity contribution in [2.75, 3.05) is 0 Å². The minimum absolute atomic E-state index is 0.294. The summed E-state index contributed by atoms with van der Waals surface area (Å²) in [7, 11) is 0. The number of aromatic nitrogens is 1. The summed E-state index contributed by atoms with van der Waals surface area (Å²) in [5.74, 6) is -3.91. The minimum Gasteiger partial charge on any atom is -0.323 e. The van der Waals surface area contributed by atoms with Gasteiger partial charge in [-0.25, -0.2) is 13.8 Å². The Morgan fingerprint density at radius 2 is 2.14 bits per heavy atom. The summed E-state index contributed by atoms with van der Waals surface area (Å²) in [5.41, 5.74) is 4.64. The van der Waals surface area contributed by atoms with Gasteiger partial charge in [-0.05, 0) is 0 Å². The summed E-state index contributed by atoms with van der Waals surface area (Å²) in [4.78, 5) is 2.83. The van der Waals surface area contributed by atoms with E-state index >= 15 is 0 Å². The number of halogens is 3. The fourth-order valence-electron chi connectivity index (χ4n) is 0.996. The van der Waals surface area contributed by atoms with Crippen molar-refractivity contribution >= 4 is 0 Å². The maximum Gasteiger partial charge on any atom is 0.249 e. The second-order valence-corrected chi connectivity index (χ2v) is 2.59. The monoisotopic (exact) mass is 201 g/mol. The van der Waals surface area contributed by atoms with Crippen molar-refractivity contribution in [2.24, 2.45) is 5.73 Å². The molecule has 0 saturated carbocycles. The molecule has 0 radical (unpaired) electrons. The molecule has 3 nitrogen and oxygen atoms in total. The molecule has 0 saturated heterocycles. The summed E-state index contributed by atoms with van der Waals surface area (Å²) >= 11 is 0. The van der Waals surface area contributed by atoms with Crippen LogP contribution in [0.5, 0.6) is 0 Å². The fraction of sp³-hybridized carbons (Fsp3) is 0.250. The van der Waals surface area contributed by atoms with Crippen LogP contribution in [0.2, 0.25) is 0 Å². The minimum atomic E-state index is -1.44. The molecule has 1 rings (SSSR count). The average molecular weight is 201 g/mol. The number of hydrogen-bond acceptors (Lipinski definition) is 3. The number of nitrogens with two attached hydrogens (primary N) is 1. The van der Waals surface area contributed by atoms with Crippen molar-refractivity contribution in [3.05, 3.63) is 29.3 Å². The van der Waals surface area contributed by atoms with E-state index in [9.17, 15) is 13.2 Å². The maximum absolute atomic E-state index is 13.0. The average Bonchev–Trinajstić information content (AvgIpc) is 2.13. The Morgan fingerprint density at radius 3 is 2.71 bits per heavy atom. The van der Waals surface area contributed by atoms with E-state index in [4.69, 9.17) is 11.0 Å². The van der Waals surface area contributed by atoms with Crippen LogP contribution in [0.15, 0.2) is 6.20 Å². The fourth-order valence-corrected chi connectivity index (χ4v) is 0.996. The molecule has 74 valence electrons. The first kappa shape index (κ1) is 10.5. The van der Waals surface area contributed by atoms with E-state index in [-0.39, 0.29) is 6.42 Å². The zero-order valence-electron chi connectivity index (χ0n) is 6.97. The smallest absolute Gasteiger partial charge is 0.249 e. The van der Waals surface area contributed by atoms with E-state index in [1.807, 2.05) is 0 Å². The second-order valence-electron chi connectivity index (χ2n) is 2.59. The Bertz CT molecular complexity index is 386. The third-order valence-corrected chi connectivity index (χ3v) is 1.65. The van der Waals surface area contributed by atoms with Crippen LogP contribution in [0.1, 0.15) is 18.0 Å². The molecule has 0 aromatic carbocycles. The summed E-state index contributed by atoms with van der Waals surface area (Å²) in [6.07, 6.45) is 0.238. The molecular weight excluding hydrogens is 195 g/mol. The molecule has 0 amide bonds. The molecule has 1 atom stereocenters. The van der Waals surface area contributed by atoms with Gasteiger partial charge in [-0.1, -0.05) is 0 Å². The number of hydrogen-bond donors (Lipinski definition) is 1. The maximum atomic E-state index is 13.0. The van der Waals surface area contributed by atoms with Gasteiger partial charge in [0.15, 0.2) is 5.82 Å². The van der Waals surface area contributed by atoms with Crippen molar-refractivity contribution in [2.45, 2.75) is 12.5 Å². The molecule has 0 fully saturated rings. The van der Waals surface area contributed by atoms with E-state index in [1.54, 1.807) is 6.07 Å². The Labute approximate surface area is 78.0 Å². The standard InChI is InChI=1S/C8H6F3N3/c9-4-3-14-8(11)7(10)6(4)5(13)1-2-12/h3,5H,1,13H2. The van der Waals surface area contributed by atoms with Crippen LogP contribution in [-0.4, -0.2) is 4.98 Å². The lowest BCUT2D eigenvalue weighted by Gasteiger charge is -2.09. The summed E-state index contributed by atoms with van der Waals surface area (Å²) in [6.45, 7) is 0. The Morgan fingerprint density at radius 1 is 1.50 bits per heavy atom. The molecule has 14 heavy (non-hydrogen) atoms. The van der Waals surface area contributed by atoms with Crippen molar-refractivity contribution in [1.82, 2.24) is 4.98 Å². The molecule has 1 heterocycles. The topological polar surface area (TPSA) is 62.7 Å². The lowest BCUT2D eigenvalue weighted by atomic mass is 10.1. The molecule has 0 aliphatic carbocycles. The first-order valence-electron chi connectivity index (χ1n) is 3.69. The molecule has 1 aromatic rings. The largest absolute Gasteiger partial charge is 0.323 e. The first-order valence-corrected chi connectivity index (χ1v) is 3.69. The number of nitriles is 1. The molecular formula is C8H6F3N3. The van der Waals surface area contributed by atoms with Crippen molar-refractivity contribution < 1.29 is 13.2 Å². The predicted molar refractivity (Wildman–Crippen MR) is 41.3 cm³/mol. The van der Waals surface area contributed by atoms with Gasteiger partial charge in [0.2, 0.25) is 5.95 Å². The highest BCUT2D eigenvalue weighted by Crippen LogP contribution is 2.21. The quantitative estimate of drug-likeness (QED) is 0.736. The van der Waals surface area contributed by atoms with E-state index in [2.05, 4.69) is 4.98 Å². The van der Waals surface area contributed by atoms with Crippen LogP contribution < -0.4 is 5.73 Å². The van der Waals surface area contributed by atoms with Gasteiger partial charge < -0.3 is 5.73 Å². The van der Waals surface area contributed by atoms with E-state index in [0.717, 1.165) is 0 Å². The SMILES string of the molecule is N#CCC(N)c1c(F)cnc(F)c1F.